The predicted molar refractivity (Wildman–Crippen MR) is 80.0 cm³/mol. The maximum absolute atomic E-state index is 6.52. The van der Waals surface area contributed by atoms with Gasteiger partial charge >= 0.3 is 0 Å². The van der Waals surface area contributed by atoms with Crippen molar-refractivity contribution in [1.29, 1.82) is 0 Å². The Labute approximate surface area is 129 Å². The minimum absolute atomic E-state index is 0.0693. The highest BCUT2D eigenvalue weighted by Gasteiger charge is 2.48. The number of nitrogens with one attached hydrogen (secondary N) is 1. The van der Waals surface area contributed by atoms with Crippen LogP contribution in [0.3, 0.4) is 0 Å². The second-order valence-electron chi connectivity index (χ2n) is 5.56. The number of halogens is 2. The molecule has 1 saturated carbocycles. The molecule has 2 unspecified atom stereocenters. The molecule has 1 aliphatic carbocycles. The van der Waals surface area contributed by atoms with Gasteiger partial charge in [0.2, 0.25) is 0 Å². The molecule has 1 spiro atoms. The van der Waals surface area contributed by atoms with Gasteiger partial charge in [-0.1, -0.05) is 16.8 Å². The van der Waals surface area contributed by atoms with Crippen molar-refractivity contribution < 1.29 is 0 Å². The SMILES string of the molecule is Clc1c(Br)cnc2c1C1(CCC(n3ccnn3)C1)CN2. The first-order chi connectivity index (χ1) is 9.70. The van der Waals surface area contributed by atoms with Crippen molar-refractivity contribution >= 4 is 33.3 Å². The quantitative estimate of drug-likeness (QED) is 0.854. The van der Waals surface area contributed by atoms with Crippen LogP contribution in [0.25, 0.3) is 0 Å². The van der Waals surface area contributed by atoms with E-state index in [0.29, 0.717) is 6.04 Å². The molecule has 5 nitrogen and oxygen atoms in total. The molecular weight excluding hydrogens is 342 g/mol. The van der Waals surface area contributed by atoms with E-state index in [1.165, 1.54) is 0 Å². The lowest BCUT2D eigenvalue weighted by atomic mass is 9.81. The molecular formula is C13H13BrClN5. The zero-order valence-corrected chi connectivity index (χ0v) is 13.0. The molecule has 1 N–H and O–H groups in total. The maximum atomic E-state index is 6.52. The first-order valence-electron chi connectivity index (χ1n) is 6.64. The standard InChI is InChI=1S/C13H13BrClN5/c14-9-6-16-12-10(11(9)15)13(7-17-12)2-1-8(5-13)20-4-3-18-19-20/h3-4,6,8H,1-2,5,7H2,(H,16,17). The van der Waals surface area contributed by atoms with Gasteiger partial charge in [-0.2, -0.15) is 0 Å². The minimum Gasteiger partial charge on any atom is -0.369 e. The molecule has 2 aromatic rings. The first kappa shape index (κ1) is 12.6. The van der Waals surface area contributed by atoms with E-state index in [9.17, 15) is 0 Å². The van der Waals surface area contributed by atoms with E-state index in [1.807, 2.05) is 10.9 Å². The lowest BCUT2D eigenvalue weighted by Crippen LogP contribution is -2.26. The van der Waals surface area contributed by atoms with Crippen LogP contribution in [0.5, 0.6) is 0 Å². The monoisotopic (exact) mass is 353 g/mol. The molecule has 0 amide bonds. The largest absolute Gasteiger partial charge is 0.369 e. The van der Waals surface area contributed by atoms with Crippen LogP contribution in [0.4, 0.5) is 5.82 Å². The zero-order chi connectivity index (χ0) is 13.7. The number of aromatic nitrogens is 4. The highest BCUT2D eigenvalue weighted by atomic mass is 79.9. The third-order valence-electron chi connectivity index (χ3n) is 4.50. The average Bonchev–Trinajstić information content (AvgIpc) is 3.15. The second kappa shape index (κ2) is 4.43. The second-order valence-corrected chi connectivity index (χ2v) is 6.79. The van der Waals surface area contributed by atoms with E-state index < -0.39 is 0 Å². The van der Waals surface area contributed by atoms with E-state index in [4.69, 9.17) is 11.6 Å². The van der Waals surface area contributed by atoms with E-state index in [-0.39, 0.29) is 5.41 Å². The molecule has 1 fully saturated rings. The van der Waals surface area contributed by atoms with Crippen LogP contribution in [0.15, 0.2) is 23.1 Å². The van der Waals surface area contributed by atoms with Gasteiger partial charge < -0.3 is 5.32 Å². The summed E-state index contributed by atoms with van der Waals surface area (Å²) in [6.45, 7) is 0.900. The van der Waals surface area contributed by atoms with Crippen molar-refractivity contribution in [3.05, 3.63) is 33.6 Å². The van der Waals surface area contributed by atoms with Crippen molar-refractivity contribution in [2.24, 2.45) is 0 Å². The molecule has 0 aromatic carbocycles. The molecule has 3 heterocycles. The Balaban J connectivity index is 1.74. The third-order valence-corrected chi connectivity index (χ3v) is 5.72. The van der Waals surface area contributed by atoms with Crippen LogP contribution in [0.1, 0.15) is 30.9 Å². The summed E-state index contributed by atoms with van der Waals surface area (Å²) in [5, 5.41) is 12.2. The van der Waals surface area contributed by atoms with Crippen LogP contribution in [0.2, 0.25) is 5.02 Å². The molecule has 4 rings (SSSR count). The number of pyridine rings is 1. The smallest absolute Gasteiger partial charge is 0.131 e. The molecule has 0 saturated heterocycles. The fraction of sp³-hybridized carbons (Fsp3) is 0.462. The van der Waals surface area contributed by atoms with Crippen LogP contribution >= 0.6 is 27.5 Å². The summed E-state index contributed by atoms with van der Waals surface area (Å²) in [7, 11) is 0. The molecule has 1 aliphatic heterocycles. The Morgan fingerprint density at radius 2 is 2.40 bits per heavy atom. The summed E-state index contributed by atoms with van der Waals surface area (Å²) in [6, 6.07) is 0.389. The lowest BCUT2D eigenvalue weighted by molar-refractivity contribution is 0.411. The van der Waals surface area contributed by atoms with Gasteiger partial charge in [-0.25, -0.2) is 9.67 Å². The summed E-state index contributed by atoms with van der Waals surface area (Å²) in [4.78, 5) is 4.45. The van der Waals surface area contributed by atoms with Crippen molar-refractivity contribution in [3.63, 3.8) is 0 Å². The molecule has 2 atom stereocenters. The Morgan fingerprint density at radius 1 is 1.50 bits per heavy atom. The number of hydrogen-bond acceptors (Lipinski definition) is 4. The van der Waals surface area contributed by atoms with Crippen molar-refractivity contribution in [3.8, 4) is 0 Å². The summed E-state index contributed by atoms with van der Waals surface area (Å²) in [6.07, 6.45) is 8.64. The van der Waals surface area contributed by atoms with Crippen LogP contribution in [-0.2, 0) is 5.41 Å². The normalized spacial score (nSPS) is 27.8. The van der Waals surface area contributed by atoms with Gasteiger partial charge in [0.05, 0.1) is 21.7 Å². The summed E-state index contributed by atoms with van der Waals surface area (Å²) >= 11 is 10.0. The Hall–Kier alpha value is -1.14. The molecule has 0 bridgehead atoms. The van der Waals surface area contributed by atoms with E-state index >= 15 is 0 Å². The molecule has 7 heteroatoms. The van der Waals surface area contributed by atoms with Crippen LogP contribution in [-0.4, -0.2) is 26.5 Å². The molecule has 2 aromatic heterocycles. The van der Waals surface area contributed by atoms with Crippen LogP contribution < -0.4 is 5.32 Å². The number of anilines is 1. The number of rotatable bonds is 1. The van der Waals surface area contributed by atoms with Gasteiger partial charge in [0.25, 0.3) is 0 Å². The minimum atomic E-state index is 0.0693. The predicted octanol–water partition coefficient (Wildman–Crippen LogP) is 3.18. The molecule has 20 heavy (non-hydrogen) atoms. The summed E-state index contributed by atoms with van der Waals surface area (Å²) in [5.74, 6) is 0.928. The third kappa shape index (κ3) is 1.71. The Bertz CT molecular complexity index is 659. The van der Waals surface area contributed by atoms with Gasteiger partial charge in [0.15, 0.2) is 0 Å². The van der Waals surface area contributed by atoms with Gasteiger partial charge in [-0.05, 0) is 35.2 Å². The molecule has 104 valence electrons. The topological polar surface area (TPSA) is 55.6 Å². The zero-order valence-electron chi connectivity index (χ0n) is 10.7. The average molecular weight is 355 g/mol. The number of nitrogens with zero attached hydrogens (tertiary/aromatic N) is 4. The van der Waals surface area contributed by atoms with E-state index in [1.54, 1.807) is 12.4 Å². The lowest BCUT2D eigenvalue weighted by Gasteiger charge is -2.24. The highest BCUT2D eigenvalue weighted by Crippen LogP contribution is 2.53. The first-order valence-corrected chi connectivity index (χ1v) is 7.81. The highest BCUT2D eigenvalue weighted by molar-refractivity contribution is 9.10. The molecule has 0 radical (unpaired) electrons. The van der Waals surface area contributed by atoms with Gasteiger partial charge in [-0.3, -0.25) is 0 Å². The van der Waals surface area contributed by atoms with E-state index in [2.05, 4.69) is 36.5 Å². The summed E-state index contributed by atoms with van der Waals surface area (Å²) in [5.41, 5.74) is 1.23. The van der Waals surface area contributed by atoms with Crippen LogP contribution in [0, 0.1) is 0 Å². The Morgan fingerprint density at radius 3 is 3.20 bits per heavy atom. The van der Waals surface area contributed by atoms with Gasteiger partial charge in [0.1, 0.15) is 5.82 Å². The fourth-order valence-corrected chi connectivity index (χ4v) is 4.19. The van der Waals surface area contributed by atoms with Crippen molar-refractivity contribution in [2.45, 2.75) is 30.7 Å². The number of hydrogen-bond donors (Lipinski definition) is 1. The summed E-state index contributed by atoms with van der Waals surface area (Å²) < 4.78 is 2.83. The maximum Gasteiger partial charge on any atom is 0.131 e. The van der Waals surface area contributed by atoms with Crippen molar-refractivity contribution in [2.75, 3.05) is 11.9 Å². The fourth-order valence-electron chi connectivity index (χ4n) is 3.55. The molecule has 2 aliphatic rings. The Kier molecular flexibility index (Phi) is 2.79. The van der Waals surface area contributed by atoms with Gasteiger partial charge in [0, 0.05) is 29.9 Å². The van der Waals surface area contributed by atoms with E-state index in [0.717, 1.165) is 46.7 Å². The van der Waals surface area contributed by atoms with Crippen molar-refractivity contribution in [1.82, 2.24) is 20.0 Å². The number of fused-ring (bicyclic) bond motifs is 2. The van der Waals surface area contributed by atoms with Gasteiger partial charge in [-0.15, -0.1) is 5.10 Å².